The lowest BCUT2D eigenvalue weighted by Gasteiger charge is -2.14. The second-order valence-corrected chi connectivity index (χ2v) is 3.23. The molecule has 1 aromatic rings. The Morgan fingerprint density at radius 1 is 1.33 bits per heavy atom. The SMILES string of the molecule is C=C1C=CCc2c(C)cccc21. The molecule has 60 valence electrons. The van der Waals surface area contributed by atoms with Crippen LogP contribution in [0.1, 0.15) is 16.7 Å². The summed E-state index contributed by atoms with van der Waals surface area (Å²) >= 11 is 0. The van der Waals surface area contributed by atoms with E-state index in [1.807, 2.05) is 0 Å². The third-order valence-corrected chi connectivity index (χ3v) is 2.40. The zero-order valence-electron chi connectivity index (χ0n) is 7.30. The van der Waals surface area contributed by atoms with E-state index in [0.717, 1.165) is 12.0 Å². The van der Waals surface area contributed by atoms with Gasteiger partial charge in [-0.25, -0.2) is 0 Å². The average molecular weight is 156 g/mol. The number of hydrogen-bond donors (Lipinski definition) is 0. The molecule has 0 aromatic heterocycles. The molecule has 0 amide bonds. The Kier molecular flexibility index (Phi) is 1.61. The minimum atomic E-state index is 1.06. The Labute approximate surface area is 73.2 Å². The minimum absolute atomic E-state index is 1.06. The van der Waals surface area contributed by atoms with Crippen molar-refractivity contribution in [2.45, 2.75) is 13.3 Å². The van der Waals surface area contributed by atoms with Gasteiger partial charge in [0.15, 0.2) is 0 Å². The third kappa shape index (κ3) is 1.00. The van der Waals surface area contributed by atoms with Crippen molar-refractivity contribution in [3.8, 4) is 0 Å². The summed E-state index contributed by atoms with van der Waals surface area (Å²) < 4.78 is 0. The fraction of sp³-hybridized carbons (Fsp3) is 0.167. The maximum Gasteiger partial charge on any atom is -0.00853 e. The molecule has 0 saturated carbocycles. The van der Waals surface area contributed by atoms with Crippen molar-refractivity contribution in [1.29, 1.82) is 0 Å². The van der Waals surface area contributed by atoms with E-state index >= 15 is 0 Å². The first-order valence-electron chi connectivity index (χ1n) is 4.23. The number of hydrogen-bond acceptors (Lipinski definition) is 0. The van der Waals surface area contributed by atoms with Gasteiger partial charge in [0.05, 0.1) is 0 Å². The molecule has 2 rings (SSSR count). The van der Waals surface area contributed by atoms with E-state index in [0.29, 0.717) is 0 Å². The van der Waals surface area contributed by atoms with Gasteiger partial charge < -0.3 is 0 Å². The second kappa shape index (κ2) is 2.63. The highest BCUT2D eigenvalue weighted by atomic mass is 14.1. The fourth-order valence-electron chi connectivity index (χ4n) is 1.68. The normalized spacial score (nSPS) is 14.6. The topological polar surface area (TPSA) is 0 Å². The number of allylic oxidation sites excluding steroid dienone is 3. The standard InChI is InChI=1S/C12H12/c1-9-5-3-8-12-10(2)6-4-7-11(9)12/h3-7H,1,8H2,2H3. The number of aryl methyl sites for hydroxylation is 1. The van der Waals surface area contributed by atoms with Gasteiger partial charge in [-0.2, -0.15) is 0 Å². The number of rotatable bonds is 0. The maximum absolute atomic E-state index is 4.01. The lowest BCUT2D eigenvalue weighted by atomic mass is 9.90. The summed E-state index contributed by atoms with van der Waals surface area (Å²) in [5.41, 5.74) is 5.26. The van der Waals surface area contributed by atoms with E-state index in [9.17, 15) is 0 Å². The second-order valence-electron chi connectivity index (χ2n) is 3.23. The predicted octanol–water partition coefficient (Wildman–Crippen LogP) is 3.12. The van der Waals surface area contributed by atoms with Gasteiger partial charge in [-0.05, 0) is 35.6 Å². The van der Waals surface area contributed by atoms with E-state index in [4.69, 9.17) is 0 Å². The van der Waals surface area contributed by atoms with E-state index in [-0.39, 0.29) is 0 Å². The van der Waals surface area contributed by atoms with Gasteiger partial charge in [0.25, 0.3) is 0 Å². The van der Waals surface area contributed by atoms with Gasteiger partial charge in [-0.3, -0.25) is 0 Å². The van der Waals surface area contributed by atoms with E-state index in [2.05, 4.69) is 43.9 Å². The van der Waals surface area contributed by atoms with Crippen LogP contribution in [0.5, 0.6) is 0 Å². The van der Waals surface area contributed by atoms with Gasteiger partial charge in [0.2, 0.25) is 0 Å². The van der Waals surface area contributed by atoms with Crippen molar-refractivity contribution in [3.63, 3.8) is 0 Å². The molecule has 0 saturated heterocycles. The summed E-state index contributed by atoms with van der Waals surface area (Å²) in [6.07, 6.45) is 5.33. The molecule has 0 fully saturated rings. The van der Waals surface area contributed by atoms with Gasteiger partial charge in [0, 0.05) is 0 Å². The quantitative estimate of drug-likeness (QED) is 0.541. The van der Waals surface area contributed by atoms with Crippen molar-refractivity contribution >= 4 is 5.57 Å². The Bertz CT molecular complexity index is 356. The molecule has 0 atom stereocenters. The number of benzene rings is 1. The highest BCUT2D eigenvalue weighted by Crippen LogP contribution is 2.26. The summed E-state index contributed by atoms with van der Waals surface area (Å²) in [7, 11) is 0. The van der Waals surface area contributed by atoms with Gasteiger partial charge in [0.1, 0.15) is 0 Å². The lowest BCUT2D eigenvalue weighted by molar-refractivity contribution is 1.18. The van der Waals surface area contributed by atoms with Crippen LogP contribution in [0.15, 0.2) is 36.9 Å². The van der Waals surface area contributed by atoms with Gasteiger partial charge in [-0.15, -0.1) is 0 Å². The molecule has 0 heteroatoms. The van der Waals surface area contributed by atoms with E-state index < -0.39 is 0 Å². The van der Waals surface area contributed by atoms with Crippen LogP contribution in [-0.4, -0.2) is 0 Å². The Balaban J connectivity index is 2.65. The molecule has 1 aromatic carbocycles. The summed E-state index contributed by atoms with van der Waals surface area (Å²) in [5, 5.41) is 0. The summed E-state index contributed by atoms with van der Waals surface area (Å²) in [6, 6.07) is 6.40. The molecule has 1 aliphatic rings. The molecule has 0 unspecified atom stereocenters. The van der Waals surface area contributed by atoms with Crippen LogP contribution in [-0.2, 0) is 6.42 Å². The van der Waals surface area contributed by atoms with Crippen LogP contribution < -0.4 is 0 Å². The monoisotopic (exact) mass is 156 g/mol. The van der Waals surface area contributed by atoms with Gasteiger partial charge in [-0.1, -0.05) is 36.9 Å². The van der Waals surface area contributed by atoms with Crippen molar-refractivity contribution in [3.05, 3.63) is 53.6 Å². The minimum Gasteiger partial charge on any atom is -0.0912 e. The molecular formula is C12H12. The zero-order chi connectivity index (χ0) is 8.55. The van der Waals surface area contributed by atoms with Crippen LogP contribution in [0.4, 0.5) is 0 Å². The highest BCUT2D eigenvalue weighted by molar-refractivity contribution is 5.77. The lowest BCUT2D eigenvalue weighted by Crippen LogP contribution is -1.98. The first kappa shape index (κ1) is 7.35. The van der Waals surface area contributed by atoms with Crippen molar-refractivity contribution in [2.75, 3.05) is 0 Å². The molecule has 0 aliphatic heterocycles. The van der Waals surface area contributed by atoms with Gasteiger partial charge >= 0.3 is 0 Å². The predicted molar refractivity (Wildman–Crippen MR) is 53.1 cm³/mol. The van der Waals surface area contributed by atoms with Crippen LogP contribution in [0.3, 0.4) is 0 Å². The largest absolute Gasteiger partial charge is 0.0912 e. The third-order valence-electron chi connectivity index (χ3n) is 2.40. The Morgan fingerprint density at radius 2 is 2.17 bits per heavy atom. The highest BCUT2D eigenvalue weighted by Gasteiger charge is 2.08. The zero-order valence-corrected chi connectivity index (χ0v) is 7.30. The smallest absolute Gasteiger partial charge is 0.00853 e. The molecule has 12 heavy (non-hydrogen) atoms. The summed E-state index contributed by atoms with van der Waals surface area (Å²) in [5.74, 6) is 0. The molecule has 0 bridgehead atoms. The first-order valence-corrected chi connectivity index (χ1v) is 4.23. The van der Waals surface area contributed by atoms with Crippen LogP contribution >= 0.6 is 0 Å². The van der Waals surface area contributed by atoms with Crippen LogP contribution in [0, 0.1) is 6.92 Å². The molecule has 0 heterocycles. The molecule has 1 aliphatic carbocycles. The molecule has 0 nitrogen and oxygen atoms in total. The Morgan fingerprint density at radius 3 is 2.92 bits per heavy atom. The van der Waals surface area contributed by atoms with Crippen LogP contribution in [0.2, 0.25) is 0 Å². The van der Waals surface area contributed by atoms with E-state index in [1.54, 1.807) is 0 Å². The Hall–Kier alpha value is -1.30. The van der Waals surface area contributed by atoms with Crippen molar-refractivity contribution < 1.29 is 0 Å². The number of fused-ring (bicyclic) bond motifs is 1. The molecular weight excluding hydrogens is 144 g/mol. The first-order chi connectivity index (χ1) is 5.79. The summed E-state index contributed by atoms with van der Waals surface area (Å²) in [4.78, 5) is 0. The summed E-state index contributed by atoms with van der Waals surface area (Å²) in [6.45, 7) is 6.17. The van der Waals surface area contributed by atoms with E-state index in [1.165, 1.54) is 16.7 Å². The average Bonchev–Trinajstić information content (AvgIpc) is 2.07. The molecule has 0 spiro atoms. The van der Waals surface area contributed by atoms with Crippen molar-refractivity contribution in [2.24, 2.45) is 0 Å². The maximum atomic E-state index is 4.01. The molecule has 0 N–H and O–H groups in total. The van der Waals surface area contributed by atoms with Crippen LogP contribution in [0.25, 0.3) is 5.57 Å². The molecule has 0 radical (unpaired) electrons. The van der Waals surface area contributed by atoms with Crippen molar-refractivity contribution in [1.82, 2.24) is 0 Å². The fourth-order valence-corrected chi connectivity index (χ4v) is 1.68.